The summed E-state index contributed by atoms with van der Waals surface area (Å²) in [6, 6.07) is 9.78. The van der Waals surface area contributed by atoms with Gasteiger partial charge in [0, 0.05) is 19.5 Å². The third kappa shape index (κ3) is 4.54. The maximum atomic E-state index is 11.8. The van der Waals surface area contributed by atoms with Crippen LogP contribution < -0.4 is 5.32 Å². The summed E-state index contributed by atoms with van der Waals surface area (Å²) in [6.45, 7) is 2.91. The largest absolute Gasteiger partial charge is 0.352 e. The van der Waals surface area contributed by atoms with Gasteiger partial charge in [-0.05, 0) is 18.9 Å². The van der Waals surface area contributed by atoms with Gasteiger partial charge in [-0.15, -0.1) is 0 Å². The first kappa shape index (κ1) is 16.0. The average molecular weight is 322 g/mol. The van der Waals surface area contributed by atoms with Gasteiger partial charge < -0.3 is 5.32 Å². The van der Waals surface area contributed by atoms with E-state index in [2.05, 4.69) is 5.32 Å². The molecule has 0 saturated carbocycles. The van der Waals surface area contributed by atoms with Crippen LogP contribution in [0.2, 0.25) is 0 Å². The lowest BCUT2D eigenvalue weighted by Crippen LogP contribution is -2.32. The minimum atomic E-state index is -0.0931. The second-order valence-corrected chi connectivity index (χ2v) is 6.86. The van der Waals surface area contributed by atoms with Crippen LogP contribution in [0.15, 0.2) is 30.3 Å². The molecular weight excluding hydrogens is 304 g/mol. The monoisotopic (exact) mass is 322 g/mol. The minimum Gasteiger partial charge on any atom is -0.352 e. The summed E-state index contributed by atoms with van der Waals surface area (Å²) < 4.78 is 0.622. The maximum Gasteiger partial charge on any atom is 0.241 e. The van der Waals surface area contributed by atoms with Crippen LogP contribution in [-0.2, 0) is 16.1 Å². The highest BCUT2D eigenvalue weighted by molar-refractivity contribution is 8.24. The number of carbonyl (C=O) groups is 2. The van der Waals surface area contributed by atoms with Gasteiger partial charge in [-0.3, -0.25) is 14.5 Å². The van der Waals surface area contributed by atoms with Crippen molar-refractivity contribution in [2.45, 2.75) is 31.6 Å². The standard InChI is InChI=1S/C15H18N2O2S2/c1-11-14(19)17(15(20)21-11)9-5-8-13(18)16-10-12-6-3-2-4-7-12/h2-4,6-7,11H,5,8-10H2,1H3,(H,16,18). The number of nitrogens with one attached hydrogen (secondary N) is 1. The Morgan fingerprint density at radius 3 is 2.71 bits per heavy atom. The van der Waals surface area contributed by atoms with Crippen LogP contribution >= 0.6 is 24.0 Å². The van der Waals surface area contributed by atoms with E-state index in [1.165, 1.54) is 11.8 Å². The fourth-order valence-corrected chi connectivity index (χ4v) is 3.51. The number of thioether (sulfide) groups is 1. The first-order valence-electron chi connectivity index (χ1n) is 6.90. The second-order valence-electron chi connectivity index (χ2n) is 4.88. The molecule has 1 aromatic rings. The van der Waals surface area contributed by atoms with Crippen molar-refractivity contribution in [3.63, 3.8) is 0 Å². The molecule has 1 fully saturated rings. The van der Waals surface area contributed by atoms with Gasteiger partial charge in [-0.2, -0.15) is 0 Å². The van der Waals surface area contributed by atoms with Crippen molar-refractivity contribution < 1.29 is 9.59 Å². The van der Waals surface area contributed by atoms with Crippen LogP contribution in [0.4, 0.5) is 0 Å². The zero-order valence-electron chi connectivity index (χ0n) is 11.9. The summed E-state index contributed by atoms with van der Waals surface area (Å²) in [6.07, 6.45) is 1.03. The Balaban J connectivity index is 1.68. The molecule has 112 valence electrons. The smallest absolute Gasteiger partial charge is 0.241 e. The molecule has 0 radical (unpaired) electrons. The number of nitrogens with zero attached hydrogens (tertiary/aromatic N) is 1. The molecule has 21 heavy (non-hydrogen) atoms. The number of amides is 2. The van der Waals surface area contributed by atoms with Gasteiger partial charge in [-0.1, -0.05) is 54.3 Å². The van der Waals surface area contributed by atoms with Crippen molar-refractivity contribution in [1.29, 1.82) is 0 Å². The Morgan fingerprint density at radius 1 is 1.38 bits per heavy atom. The Labute approximate surface area is 134 Å². The van der Waals surface area contributed by atoms with E-state index in [0.717, 1.165) is 5.56 Å². The number of hydrogen-bond donors (Lipinski definition) is 1. The highest BCUT2D eigenvalue weighted by atomic mass is 32.2. The molecule has 1 saturated heterocycles. The van der Waals surface area contributed by atoms with E-state index >= 15 is 0 Å². The first-order valence-corrected chi connectivity index (χ1v) is 8.19. The zero-order valence-corrected chi connectivity index (χ0v) is 13.5. The summed E-state index contributed by atoms with van der Waals surface area (Å²) in [5.74, 6) is 0.0480. The Morgan fingerprint density at radius 2 is 2.10 bits per heavy atom. The molecule has 2 amide bonds. The van der Waals surface area contributed by atoms with E-state index in [9.17, 15) is 9.59 Å². The van der Waals surface area contributed by atoms with Crippen molar-refractivity contribution in [2.24, 2.45) is 0 Å². The topological polar surface area (TPSA) is 49.4 Å². The summed E-state index contributed by atoms with van der Waals surface area (Å²) in [7, 11) is 0. The van der Waals surface area contributed by atoms with E-state index in [4.69, 9.17) is 12.2 Å². The second kappa shape index (κ2) is 7.56. The molecule has 6 heteroatoms. The molecule has 4 nitrogen and oxygen atoms in total. The number of hydrogen-bond acceptors (Lipinski definition) is 4. The summed E-state index contributed by atoms with van der Waals surface area (Å²) in [5.41, 5.74) is 1.08. The number of rotatable bonds is 6. The third-order valence-electron chi connectivity index (χ3n) is 3.23. The van der Waals surface area contributed by atoms with Crippen molar-refractivity contribution in [2.75, 3.05) is 6.54 Å². The Kier molecular flexibility index (Phi) is 5.76. The zero-order chi connectivity index (χ0) is 15.2. The lowest BCUT2D eigenvalue weighted by Gasteiger charge is -2.14. The number of benzene rings is 1. The van der Waals surface area contributed by atoms with Crippen LogP contribution in [0, 0.1) is 0 Å². The van der Waals surface area contributed by atoms with E-state index in [1.54, 1.807) is 4.90 Å². The van der Waals surface area contributed by atoms with E-state index < -0.39 is 0 Å². The SMILES string of the molecule is CC1SC(=S)N(CCCC(=O)NCc2ccccc2)C1=O. The van der Waals surface area contributed by atoms with Crippen LogP contribution in [0.1, 0.15) is 25.3 Å². The summed E-state index contributed by atoms with van der Waals surface area (Å²) in [4.78, 5) is 25.2. The first-order chi connectivity index (χ1) is 10.1. The molecule has 1 aliphatic rings. The van der Waals surface area contributed by atoms with Crippen molar-refractivity contribution in [3.05, 3.63) is 35.9 Å². The molecule has 1 N–H and O–H groups in total. The molecule has 0 bridgehead atoms. The van der Waals surface area contributed by atoms with Crippen molar-refractivity contribution in [3.8, 4) is 0 Å². The van der Waals surface area contributed by atoms with Gasteiger partial charge in [0.2, 0.25) is 11.8 Å². The average Bonchev–Trinajstić information content (AvgIpc) is 2.72. The maximum absolute atomic E-state index is 11.8. The van der Waals surface area contributed by atoms with Gasteiger partial charge in [0.25, 0.3) is 0 Å². The lowest BCUT2D eigenvalue weighted by molar-refractivity contribution is -0.126. The fourth-order valence-electron chi connectivity index (χ4n) is 2.06. The molecule has 0 aromatic heterocycles. The molecule has 0 aliphatic carbocycles. The van der Waals surface area contributed by atoms with Crippen molar-refractivity contribution >= 4 is 40.1 Å². The van der Waals surface area contributed by atoms with Gasteiger partial charge in [-0.25, -0.2) is 0 Å². The fraction of sp³-hybridized carbons (Fsp3) is 0.400. The molecule has 1 atom stereocenters. The Bertz CT molecular complexity index is 534. The third-order valence-corrected chi connectivity index (χ3v) is 4.72. The summed E-state index contributed by atoms with van der Waals surface area (Å²) >= 11 is 6.57. The van der Waals surface area contributed by atoms with Gasteiger partial charge in [0.15, 0.2) is 0 Å². The number of carbonyl (C=O) groups excluding carboxylic acids is 2. The number of thiocarbonyl (C=S) groups is 1. The molecule has 1 unspecified atom stereocenters. The quantitative estimate of drug-likeness (QED) is 0.817. The van der Waals surface area contributed by atoms with Crippen LogP contribution in [0.25, 0.3) is 0 Å². The summed E-state index contributed by atoms with van der Waals surface area (Å²) in [5, 5.41) is 2.78. The molecule has 1 heterocycles. The predicted molar refractivity (Wildman–Crippen MR) is 88.9 cm³/mol. The van der Waals surface area contributed by atoms with E-state index in [-0.39, 0.29) is 17.1 Å². The van der Waals surface area contributed by atoms with Crippen LogP contribution in [0.5, 0.6) is 0 Å². The lowest BCUT2D eigenvalue weighted by atomic mass is 10.2. The van der Waals surface area contributed by atoms with Crippen LogP contribution in [-0.4, -0.2) is 32.8 Å². The minimum absolute atomic E-state index is 0.00267. The van der Waals surface area contributed by atoms with Crippen molar-refractivity contribution in [1.82, 2.24) is 10.2 Å². The van der Waals surface area contributed by atoms with Crippen LogP contribution in [0.3, 0.4) is 0 Å². The Hall–Kier alpha value is -1.40. The molecule has 2 rings (SSSR count). The predicted octanol–water partition coefficient (Wildman–Crippen LogP) is 2.33. The molecule has 1 aliphatic heterocycles. The van der Waals surface area contributed by atoms with E-state index in [1.807, 2.05) is 37.3 Å². The van der Waals surface area contributed by atoms with Gasteiger partial charge in [0.1, 0.15) is 4.32 Å². The van der Waals surface area contributed by atoms with Gasteiger partial charge >= 0.3 is 0 Å². The van der Waals surface area contributed by atoms with Gasteiger partial charge in [0.05, 0.1) is 5.25 Å². The highest BCUT2D eigenvalue weighted by Gasteiger charge is 2.33. The molecular formula is C15H18N2O2S2. The highest BCUT2D eigenvalue weighted by Crippen LogP contribution is 2.26. The molecule has 0 spiro atoms. The van der Waals surface area contributed by atoms with E-state index in [0.29, 0.717) is 30.3 Å². The normalized spacial score (nSPS) is 18.1. The molecule has 1 aromatic carbocycles.